The number of thiophene rings is 1. The average molecular weight is 530 g/mol. The van der Waals surface area contributed by atoms with Gasteiger partial charge in [0.1, 0.15) is 18.5 Å². The number of aryl methyl sites for hydroxylation is 1. The third-order valence-electron chi connectivity index (χ3n) is 4.62. The van der Waals surface area contributed by atoms with Gasteiger partial charge in [0.15, 0.2) is 5.96 Å². The molecule has 0 aliphatic carbocycles. The Kier molecular flexibility index (Phi) is 10.0. The maximum atomic E-state index is 10.3. The zero-order valence-corrected chi connectivity index (χ0v) is 20.2. The highest BCUT2D eigenvalue weighted by molar-refractivity contribution is 14.0. The molecule has 2 aromatic rings. The summed E-state index contributed by atoms with van der Waals surface area (Å²) < 4.78 is 5.68. The molecule has 6 nitrogen and oxygen atoms in total. The number of aliphatic hydroxyl groups is 1. The maximum Gasteiger partial charge on any atom is 0.194 e. The number of ether oxygens (including phenoxy) is 1. The zero-order chi connectivity index (χ0) is 19.8. The number of hydrogen-bond donors (Lipinski definition) is 2. The number of aliphatic imine (C=N–C) groups is 1. The molecule has 3 rings (SSSR count). The third kappa shape index (κ3) is 7.35. The zero-order valence-electron chi connectivity index (χ0n) is 17.1. The summed E-state index contributed by atoms with van der Waals surface area (Å²) in [6.45, 7) is 9.23. The van der Waals surface area contributed by atoms with Crippen LogP contribution in [-0.4, -0.2) is 67.9 Å². The Balaban J connectivity index is 0.00000300. The third-order valence-corrected chi connectivity index (χ3v) is 5.54. The first-order valence-electron chi connectivity index (χ1n) is 9.85. The van der Waals surface area contributed by atoms with Crippen molar-refractivity contribution in [3.63, 3.8) is 0 Å². The number of anilines is 1. The lowest BCUT2D eigenvalue weighted by Gasteiger charge is -2.37. The van der Waals surface area contributed by atoms with Crippen LogP contribution in [0.5, 0.6) is 5.75 Å². The minimum absolute atomic E-state index is 0. The Labute approximate surface area is 194 Å². The second-order valence-corrected chi connectivity index (χ2v) is 7.83. The van der Waals surface area contributed by atoms with Crippen LogP contribution in [0.25, 0.3) is 0 Å². The fourth-order valence-electron chi connectivity index (χ4n) is 3.16. The fourth-order valence-corrected chi connectivity index (χ4v) is 3.94. The molecule has 1 unspecified atom stereocenters. The minimum Gasteiger partial charge on any atom is -0.491 e. The van der Waals surface area contributed by atoms with Gasteiger partial charge in [-0.05, 0) is 49.1 Å². The van der Waals surface area contributed by atoms with E-state index in [4.69, 9.17) is 4.74 Å². The quantitative estimate of drug-likeness (QED) is 0.327. The molecular formula is C21H31IN4O2S. The van der Waals surface area contributed by atoms with Crippen LogP contribution in [0.4, 0.5) is 5.00 Å². The second kappa shape index (κ2) is 12.2. The first-order valence-corrected chi connectivity index (χ1v) is 10.7. The van der Waals surface area contributed by atoms with Gasteiger partial charge in [0, 0.05) is 32.7 Å². The summed E-state index contributed by atoms with van der Waals surface area (Å²) in [7, 11) is 0. The number of piperazine rings is 1. The Morgan fingerprint density at radius 1 is 1.24 bits per heavy atom. The maximum absolute atomic E-state index is 10.3. The smallest absolute Gasteiger partial charge is 0.194 e. The van der Waals surface area contributed by atoms with Crippen LogP contribution < -0.4 is 15.0 Å². The molecule has 0 amide bonds. The molecule has 2 heterocycles. The molecule has 0 radical (unpaired) electrons. The predicted octanol–water partition coefficient (Wildman–Crippen LogP) is 3.20. The van der Waals surface area contributed by atoms with Crippen LogP contribution in [-0.2, 0) is 0 Å². The van der Waals surface area contributed by atoms with Gasteiger partial charge in [0.05, 0.1) is 11.5 Å². The monoisotopic (exact) mass is 530 g/mol. The minimum atomic E-state index is -0.637. The van der Waals surface area contributed by atoms with E-state index in [0.29, 0.717) is 6.54 Å². The molecule has 1 aliphatic heterocycles. The summed E-state index contributed by atoms with van der Waals surface area (Å²) in [5, 5.41) is 17.1. The molecule has 29 heavy (non-hydrogen) atoms. The fraction of sp³-hybridized carbons (Fsp3) is 0.476. The Bertz CT molecular complexity index is 749. The first-order chi connectivity index (χ1) is 13.7. The highest BCUT2D eigenvalue weighted by Crippen LogP contribution is 2.22. The normalized spacial score (nSPS) is 15.6. The Hall–Kier alpha value is -1.52. The lowest BCUT2D eigenvalue weighted by molar-refractivity contribution is 0.114. The van der Waals surface area contributed by atoms with E-state index in [1.54, 1.807) is 11.3 Å². The van der Waals surface area contributed by atoms with Gasteiger partial charge in [-0.2, -0.15) is 0 Å². The number of nitrogens with one attached hydrogen (secondary N) is 1. The molecule has 0 spiro atoms. The Morgan fingerprint density at radius 3 is 2.69 bits per heavy atom. The SMILES string of the molecule is CCNC(=NCC(O)COc1cccc(C)c1)N1CCN(c2cccs2)CC1.I. The number of benzene rings is 1. The van der Waals surface area contributed by atoms with Gasteiger partial charge in [0.2, 0.25) is 0 Å². The van der Waals surface area contributed by atoms with E-state index in [2.05, 4.69) is 44.5 Å². The lowest BCUT2D eigenvalue weighted by atomic mass is 10.2. The highest BCUT2D eigenvalue weighted by atomic mass is 127. The van der Waals surface area contributed by atoms with Gasteiger partial charge in [-0.15, -0.1) is 35.3 Å². The second-order valence-electron chi connectivity index (χ2n) is 6.90. The summed E-state index contributed by atoms with van der Waals surface area (Å²) in [5.74, 6) is 1.64. The van der Waals surface area contributed by atoms with Gasteiger partial charge in [-0.3, -0.25) is 4.99 Å². The summed E-state index contributed by atoms with van der Waals surface area (Å²) in [4.78, 5) is 9.32. The molecule has 1 aliphatic rings. The molecule has 1 aromatic heterocycles. The highest BCUT2D eigenvalue weighted by Gasteiger charge is 2.20. The van der Waals surface area contributed by atoms with Crippen molar-refractivity contribution >= 4 is 46.3 Å². The van der Waals surface area contributed by atoms with Crippen molar-refractivity contribution in [1.29, 1.82) is 0 Å². The first kappa shape index (κ1) is 23.8. The van der Waals surface area contributed by atoms with Gasteiger partial charge in [0.25, 0.3) is 0 Å². The Morgan fingerprint density at radius 2 is 2.03 bits per heavy atom. The van der Waals surface area contributed by atoms with Crippen molar-refractivity contribution in [2.75, 3.05) is 50.8 Å². The molecule has 1 saturated heterocycles. The van der Waals surface area contributed by atoms with Crippen molar-refractivity contribution < 1.29 is 9.84 Å². The molecule has 0 bridgehead atoms. The number of nitrogens with zero attached hydrogens (tertiary/aromatic N) is 3. The van der Waals surface area contributed by atoms with Crippen LogP contribution in [0.2, 0.25) is 0 Å². The van der Waals surface area contributed by atoms with Crippen LogP contribution in [0.1, 0.15) is 12.5 Å². The number of halogens is 1. The van der Waals surface area contributed by atoms with Gasteiger partial charge in [-0.1, -0.05) is 12.1 Å². The molecule has 1 fully saturated rings. The van der Waals surface area contributed by atoms with Crippen LogP contribution >= 0.6 is 35.3 Å². The van der Waals surface area contributed by atoms with Crippen LogP contribution in [0.3, 0.4) is 0 Å². The van der Waals surface area contributed by atoms with Crippen molar-refractivity contribution in [3.8, 4) is 5.75 Å². The van der Waals surface area contributed by atoms with Crippen LogP contribution in [0.15, 0.2) is 46.8 Å². The summed E-state index contributed by atoms with van der Waals surface area (Å²) in [6, 6.07) is 12.1. The van der Waals surface area contributed by atoms with Crippen molar-refractivity contribution in [2.24, 2.45) is 4.99 Å². The largest absolute Gasteiger partial charge is 0.491 e. The summed E-state index contributed by atoms with van der Waals surface area (Å²) in [6.07, 6.45) is -0.637. The molecular weight excluding hydrogens is 499 g/mol. The van der Waals surface area contributed by atoms with Crippen molar-refractivity contribution in [2.45, 2.75) is 20.0 Å². The number of guanidine groups is 1. The number of hydrogen-bond acceptors (Lipinski definition) is 5. The van der Waals surface area contributed by atoms with Crippen molar-refractivity contribution in [3.05, 3.63) is 47.3 Å². The summed E-state index contributed by atoms with van der Waals surface area (Å²) >= 11 is 1.78. The van der Waals surface area contributed by atoms with E-state index in [-0.39, 0.29) is 30.6 Å². The van der Waals surface area contributed by atoms with E-state index in [0.717, 1.165) is 50.0 Å². The van der Waals surface area contributed by atoms with Gasteiger partial charge < -0.3 is 25.0 Å². The number of rotatable bonds is 7. The molecule has 0 saturated carbocycles. The van der Waals surface area contributed by atoms with Crippen LogP contribution in [0, 0.1) is 6.92 Å². The molecule has 2 N–H and O–H groups in total. The van der Waals surface area contributed by atoms with E-state index >= 15 is 0 Å². The van der Waals surface area contributed by atoms with E-state index in [1.807, 2.05) is 31.2 Å². The molecule has 1 aromatic carbocycles. The van der Waals surface area contributed by atoms with Gasteiger partial charge >= 0.3 is 0 Å². The molecule has 8 heteroatoms. The average Bonchev–Trinajstić information content (AvgIpc) is 3.25. The standard InChI is InChI=1S/C21H30N4O2S.HI/c1-3-22-21(25-11-9-24(10-12-25)20-8-5-13-28-20)23-15-18(26)16-27-19-7-4-6-17(2)14-19;/h4-8,13-14,18,26H,3,9-12,15-16H2,1-2H3,(H,22,23);1H. The van der Waals surface area contributed by atoms with E-state index in [9.17, 15) is 5.11 Å². The van der Waals surface area contributed by atoms with E-state index < -0.39 is 6.10 Å². The van der Waals surface area contributed by atoms with Crippen molar-refractivity contribution in [1.82, 2.24) is 10.2 Å². The van der Waals surface area contributed by atoms with E-state index in [1.165, 1.54) is 5.00 Å². The predicted molar refractivity (Wildman–Crippen MR) is 132 cm³/mol. The van der Waals surface area contributed by atoms with Gasteiger partial charge in [-0.25, -0.2) is 0 Å². The molecule has 160 valence electrons. The molecule has 1 atom stereocenters. The topological polar surface area (TPSA) is 60.3 Å². The summed E-state index contributed by atoms with van der Waals surface area (Å²) in [5.41, 5.74) is 1.14. The number of aliphatic hydroxyl groups excluding tert-OH is 1. The lowest BCUT2D eigenvalue weighted by Crippen LogP contribution is -2.52.